The lowest BCUT2D eigenvalue weighted by Gasteiger charge is -2.28. The van der Waals surface area contributed by atoms with Crippen molar-refractivity contribution in [3.05, 3.63) is 46.3 Å². The van der Waals surface area contributed by atoms with Gasteiger partial charge in [0, 0.05) is 25.6 Å². The molecule has 3 nitrogen and oxygen atoms in total. The van der Waals surface area contributed by atoms with Gasteiger partial charge in [-0.25, -0.2) is 4.39 Å². The molecule has 1 amide bonds. The topological polar surface area (TPSA) is 32.7 Å². The highest BCUT2D eigenvalue weighted by Gasteiger charge is 2.35. The van der Waals surface area contributed by atoms with E-state index >= 15 is 0 Å². The largest absolute Gasteiger partial charge is 0.419 e. The molecule has 2 heterocycles. The molecule has 0 bridgehead atoms. The van der Waals surface area contributed by atoms with Crippen molar-refractivity contribution in [1.82, 2.24) is 4.90 Å². The van der Waals surface area contributed by atoms with Crippen molar-refractivity contribution in [3.8, 4) is 0 Å². The summed E-state index contributed by atoms with van der Waals surface area (Å²) in [7, 11) is 0. The van der Waals surface area contributed by atoms with Gasteiger partial charge in [0.25, 0.3) is 0 Å². The van der Waals surface area contributed by atoms with Crippen LogP contribution in [-0.4, -0.2) is 36.2 Å². The summed E-state index contributed by atoms with van der Waals surface area (Å²) >= 11 is 0. The van der Waals surface area contributed by atoms with Crippen LogP contribution in [0.1, 0.15) is 24.5 Å². The highest BCUT2D eigenvalue weighted by Crippen LogP contribution is 2.34. The molecule has 1 aromatic carbocycles. The summed E-state index contributed by atoms with van der Waals surface area (Å²) in [5, 5.41) is 0. The van der Waals surface area contributed by atoms with Gasteiger partial charge in [0.05, 0.1) is 17.8 Å². The Morgan fingerprint density at radius 1 is 1.30 bits per heavy atom. The first-order valence-corrected chi connectivity index (χ1v) is 7.15. The van der Waals surface area contributed by atoms with Gasteiger partial charge >= 0.3 is 6.18 Å². The molecule has 0 atom stereocenters. The Morgan fingerprint density at radius 2 is 2.04 bits per heavy atom. The van der Waals surface area contributed by atoms with Gasteiger partial charge in [0.15, 0.2) is 0 Å². The second-order valence-electron chi connectivity index (χ2n) is 5.63. The number of hydrogen-bond acceptors (Lipinski definition) is 2. The molecule has 7 heteroatoms. The number of alkyl halides is 3. The predicted octanol–water partition coefficient (Wildman–Crippen LogP) is 3.20. The van der Waals surface area contributed by atoms with E-state index in [1.807, 2.05) is 0 Å². The highest BCUT2D eigenvalue weighted by atomic mass is 19.4. The SMILES string of the molecule is CC(=O)N1CCC2=C(C1)C(c1ccc(F)c(C(F)(F)F)c1)=NC2. The lowest BCUT2D eigenvalue weighted by molar-refractivity contribution is -0.140. The average molecular weight is 326 g/mol. The maximum Gasteiger partial charge on any atom is 0.419 e. The zero-order valence-corrected chi connectivity index (χ0v) is 12.4. The Labute approximate surface area is 130 Å². The molecule has 122 valence electrons. The molecule has 0 spiro atoms. The quantitative estimate of drug-likeness (QED) is 0.730. The van der Waals surface area contributed by atoms with Gasteiger partial charge in [-0.1, -0.05) is 0 Å². The third-order valence-corrected chi connectivity index (χ3v) is 4.16. The Balaban J connectivity index is 1.97. The Bertz CT molecular complexity index is 734. The van der Waals surface area contributed by atoms with Crippen LogP contribution in [-0.2, 0) is 11.0 Å². The molecule has 0 unspecified atom stereocenters. The van der Waals surface area contributed by atoms with Crippen LogP contribution in [0, 0.1) is 5.82 Å². The van der Waals surface area contributed by atoms with Crippen molar-refractivity contribution in [2.24, 2.45) is 4.99 Å². The summed E-state index contributed by atoms with van der Waals surface area (Å²) < 4.78 is 52.0. The second kappa shape index (κ2) is 5.47. The van der Waals surface area contributed by atoms with Gasteiger partial charge in [-0.3, -0.25) is 9.79 Å². The molecule has 2 aliphatic heterocycles. The number of carbonyl (C=O) groups is 1. The number of rotatable bonds is 1. The first-order valence-electron chi connectivity index (χ1n) is 7.15. The van der Waals surface area contributed by atoms with Crippen LogP contribution in [0.25, 0.3) is 0 Å². The van der Waals surface area contributed by atoms with E-state index in [9.17, 15) is 22.4 Å². The molecule has 2 aliphatic rings. The highest BCUT2D eigenvalue weighted by molar-refractivity contribution is 6.15. The van der Waals surface area contributed by atoms with E-state index in [-0.39, 0.29) is 11.5 Å². The maximum atomic E-state index is 13.4. The monoisotopic (exact) mass is 326 g/mol. The number of nitrogens with zero attached hydrogens (tertiary/aromatic N) is 2. The van der Waals surface area contributed by atoms with E-state index in [0.717, 1.165) is 23.3 Å². The van der Waals surface area contributed by atoms with E-state index in [0.29, 0.717) is 31.8 Å². The van der Waals surface area contributed by atoms with E-state index in [1.165, 1.54) is 13.0 Å². The summed E-state index contributed by atoms with van der Waals surface area (Å²) in [6.07, 6.45) is -4.09. The van der Waals surface area contributed by atoms with Crippen LogP contribution >= 0.6 is 0 Å². The van der Waals surface area contributed by atoms with Crippen molar-refractivity contribution in [2.45, 2.75) is 19.5 Å². The fourth-order valence-corrected chi connectivity index (χ4v) is 2.91. The maximum absolute atomic E-state index is 13.4. The van der Waals surface area contributed by atoms with Crippen LogP contribution in [0.3, 0.4) is 0 Å². The molecular formula is C16H14F4N2O. The van der Waals surface area contributed by atoms with Crippen LogP contribution in [0.5, 0.6) is 0 Å². The molecule has 1 aromatic rings. The van der Waals surface area contributed by atoms with Crippen molar-refractivity contribution >= 4 is 11.6 Å². The van der Waals surface area contributed by atoms with E-state index < -0.39 is 17.6 Å². The second-order valence-corrected chi connectivity index (χ2v) is 5.63. The number of benzene rings is 1. The minimum atomic E-state index is -4.76. The van der Waals surface area contributed by atoms with E-state index in [4.69, 9.17) is 0 Å². The van der Waals surface area contributed by atoms with Crippen LogP contribution in [0.15, 0.2) is 34.3 Å². The zero-order chi connectivity index (χ0) is 16.8. The van der Waals surface area contributed by atoms with Crippen molar-refractivity contribution < 1.29 is 22.4 Å². The minimum Gasteiger partial charge on any atom is -0.338 e. The lowest BCUT2D eigenvalue weighted by atomic mass is 9.94. The van der Waals surface area contributed by atoms with E-state index in [1.54, 1.807) is 4.90 Å². The third kappa shape index (κ3) is 2.87. The smallest absolute Gasteiger partial charge is 0.338 e. The number of halogens is 4. The molecule has 0 radical (unpaired) electrons. The predicted molar refractivity (Wildman–Crippen MR) is 76.7 cm³/mol. The molecule has 0 saturated heterocycles. The fourth-order valence-electron chi connectivity index (χ4n) is 2.91. The van der Waals surface area contributed by atoms with Crippen LogP contribution in [0.4, 0.5) is 17.6 Å². The number of hydrogen-bond donors (Lipinski definition) is 0. The number of carbonyl (C=O) groups excluding carboxylic acids is 1. The number of amides is 1. The van der Waals surface area contributed by atoms with Gasteiger partial charge in [-0.05, 0) is 35.8 Å². The van der Waals surface area contributed by atoms with Gasteiger partial charge in [0.1, 0.15) is 5.82 Å². The Morgan fingerprint density at radius 3 is 2.70 bits per heavy atom. The Kier molecular flexibility index (Phi) is 3.74. The molecule has 23 heavy (non-hydrogen) atoms. The van der Waals surface area contributed by atoms with Gasteiger partial charge in [0.2, 0.25) is 5.91 Å². The minimum absolute atomic E-state index is 0.0853. The molecule has 0 aliphatic carbocycles. The fraction of sp³-hybridized carbons (Fsp3) is 0.375. The molecule has 0 aromatic heterocycles. The first kappa shape index (κ1) is 15.7. The normalized spacial score (nSPS) is 18.1. The van der Waals surface area contributed by atoms with Gasteiger partial charge in [-0.15, -0.1) is 0 Å². The molecule has 0 saturated carbocycles. The molecule has 0 fully saturated rings. The first-order chi connectivity index (χ1) is 10.8. The van der Waals surface area contributed by atoms with Crippen molar-refractivity contribution in [1.29, 1.82) is 0 Å². The summed E-state index contributed by atoms with van der Waals surface area (Å²) in [6, 6.07) is 2.90. The zero-order valence-electron chi connectivity index (χ0n) is 12.4. The summed E-state index contributed by atoms with van der Waals surface area (Å²) in [5.41, 5.74) is 1.18. The third-order valence-electron chi connectivity index (χ3n) is 4.16. The summed E-state index contributed by atoms with van der Waals surface area (Å²) in [4.78, 5) is 17.5. The molecule has 3 rings (SSSR count). The number of aliphatic imine (C=N–C) groups is 1. The lowest BCUT2D eigenvalue weighted by Crippen LogP contribution is -2.36. The van der Waals surface area contributed by atoms with Gasteiger partial charge < -0.3 is 4.90 Å². The summed E-state index contributed by atoms with van der Waals surface area (Å²) in [6.45, 7) is 2.81. The molecule has 0 N–H and O–H groups in total. The van der Waals surface area contributed by atoms with E-state index in [2.05, 4.69) is 4.99 Å². The average Bonchev–Trinajstić information content (AvgIpc) is 2.89. The van der Waals surface area contributed by atoms with Crippen molar-refractivity contribution in [2.75, 3.05) is 19.6 Å². The molecular weight excluding hydrogens is 312 g/mol. The van der Waals surface area contributed by atoms with Gasteiger partial charge in [-0.2, -0.15) is 13.2 Å². The van der Waals surface area contributed by atoms with Crippen LogP contribution in [0.2, 0.25) is 0 Å². The Hall–Kier alpha value is -2.18. The van der Waals surface area contributed by atoms with Crippen molar-refractivity contribution in [3.63, 3.8) is 0 Å². The summed E-state index contributed by atoms with van der Waals surface area (Å²) in [5.74, 6) is -1.39. The van der Waals surface area contributed by atoms with Crippen LogP contribution < -0.4 is 0 Å². The standard InChI is InChI=1S/C16H14F4N2O/c1-9(23)22-5-4-11-7-21-15(12(11)8-22)10-2-3-14(17)13(6-10)16(18,19)20/h2-3,6H,4-5,7-8H2,1H3.